The number of benzene rings is 2. The van der Waals surface area contributed by atoms with E-state index in [9.17, 15) is 16.8 Å². The molecule has 0 N–H and O–H groups in total. The van der Waals surface area contributed by atoms with Crippen LogP contribution in [-0.2, 0) is 18.1 Å². The van der Waals surface area contributed by atoms with Gasteiger partial charge in [-0.15, -0.1) is 0 Å². The Hall–Kier alpha value is -0.820. The lowest BCUT2D eigenvalue weighted by Gasteiger charge is -2.02. The van der Waals surface area contributed by atoms with E-state index in [0.717, 1.165) is 0 Å². The normalized spacial score (nSPS) is 12.8. The number of halogens is 2. The van der Waals surface area contributed by atoms with Gasteiger partial charge in [0.15, 0.2) is 0 Å². The molecule has 0 radical (unpaired) electrons. The summed E-state index contributed by atoms with van der Waals surface area (Å²) in [5.41, 5.74) is 0. The summed E-state index contributed by atoms with van der Waals surface area (Å²) in [7, 11) is 2.83. The molecule has 0 aliphatic rings. The van der Waals surface area contributed by atoms with Gasteiger partial charge < -0.3 is 0 Å². The van der Waals surface area contributed by atoms with Gasteiger partial charge in [-0.05, 0) is 35.0 Å². The van der Waals surface area contributed by atoms with Crippen LogP contribution in [0.15, 0.2) is 46.2 Å². The topological polar surface area (TPSA) is 68.3 Å². The molecule has 2 rings (SSSR count). The maximum Gasteiger partial charge on any atom is 0.261 e. The van der Waals surface area contributed by atoms with E-state index in [4.69, 9.17) is 21.4 Å². The van der Waals surface area contributed by atoms with Gasteiger partial charge in [0.1, 0.15) is 0 Å². The van der Waals surface area contributed by atoms with Crippen molar-refractivity contribution in [2.75, 3.05) is 0 Å². The maximum absolute atomic E-state index is 11.2. The van der Waals surface area contributed by atoms with Gasteiger partial charge in [0.25, 0.3) is 18.1 Å². The Balaban J connectivity index is 2.70. The number of fused-ring (bicyclic) bond motifs is 1. The Morgan fingerprint density at radius 3 is 1.28 bits per heavy atom. The van der Waals surface area contributed by atoms with Crippen molar-refractivity contribution >= 4 is 50.2 Å². The van der Waals surface area contributed by atoms with Gasteiger partial charge in [-0.3, -0.25) is 0 Å². The highest BCUT2D eigenvalue weighted by Crippen LogP contribution is 2.25. The van der Waals surface area contributed by atoms with E-state index in [1.165, 1.54) is 36.4 Å². The highest BCUT2D eigenvalue weighted by Gasteiger charge is 2.13. The number of rotatable bonds is 2. The van der Waals surface area contributed by atoms with Gasteiger partial charge in [0, 0.05) is 21.4 Å². The first-order chi connectivity index (χ1) is 8.18. The van der Waals surface area contributed by atoms with E-state index in [-0.39, 0.29) is 9.79 Å². The number of hydrogen-bond donors (Lipinski definition) is 0. The molecule has 4 nitrogen and oxygen atoms in total. The summed E-state index contributed by atoms with van der Waals surface area (Å²) in [4.78, 5) is -0.0868. The lowest BCUT2D eigenvalue weighted by molar-refractivity contribution is 0.608. The average Bonchev–Trinajstić information content (AvgIpc) is 2.25. The smallest absolute Gasteiger partial charge is 0.207 e. The van der Waals surface area contributed by atoms with Crippen LogP contribution in [0.25, 0.3) is 10.8 Å². The highest BCUT2D eigenvalue weighted by atomic mass is 35.7. The Morgan fingerprint density at radius 2 is 1.00 bits per heavy atom. The van der Waals surface area contributed by atoms with Crippen molar-refractivity contribution in [3.63, 3.8) is 0 Å². The minimum Gasteiger partial charge on any atom is -0.207 e. The van der Waals surface area contributed by atoms with Gasteiger partial charge >= 0.3 is 0 Å². The van der Waals surface area contributed by atoms with Crippen molar-refractivity contribution in [2.45, 2.75) is 9.79 Å². The van der Waals surface area contributed by atoms with Crippen LogP contribution in [0, 0.1) is 0 Å². The Bertz CT molecular complexity index is 755. The van der Waals surface area contributed by atoms with E-state index in [1.54, 1.807) is 0 Å². The third-order valence-electron chi connectivity index (χ3n) is 2.35. The van der Waals surface area contributed by atoms with Gasteiger partial charge in [0.05, 0.1) is 9.79 Å². The minimum absolute atomic E-state index is 0.0434. The molecular weight excluding hydrogens is 319 g/mol. The molecule has 0 aliphatic carbocycles. The second-order valence-corrected chi connectivity index (χ2v) is 8.68. The summed E-state index contributed by atoms with van der Waals surface area (Å²) in [5, 5.41) is 1.11. The first-order valence-corrected chi connectivity index (χ1v) is 9.23. The molecule has 0 aromatic heterocycles. The molecule has 8 heteroatoms. The van der Waals surface area contributed by atoms with Gasteiger partial charge in [0.2, 0.25) is 0 Å². The molecule has 0 heterocycles. The first kappa shape index (κ1) is 13.6. The van der Waals surface area contributed by atoms with Gasteiger partial charge in [-0.25, -0.2) is 16.8 Å². The minimum atomic E-state index is -3.80. The van der Waals surface area contributed by atoms with Crippen LogP contribution in [0.2, 0.25) is 0 Å². The summed E-state index contributed by atoms with van der Waals surface area (Å²) in [6, 6.07) is 8.27. The molecule has 18 heavy (non-hydrogen) atoms. The summed E-state index contributed by atoms with van der Waals surface area (Å²) >= 11 is 0. The Morgan fingerprint density at radius 1 is 0.667 bits per heavy atom. The van der Waals surface area contributed by atoms with Crippen molar-refractivity contribution in [3.05, 3.63) is 36.4 Å². The molecule has 2 aromatic rings. The molecule has 96 valence electrons. The molecular formula is C10H6Cl2O4S2. The molecule has 0 saturated heterocycles. The molecule has 0 atom stereocenters. The van der Waals surface area contributed by atoms with Crippen LogP contribution in [-0.4, -0.2) is 16.8 Å². The molecule has 2 aromatic carbocycles. The Labute approximate surface area is 113 Å². The number of hydrogen-bond acceptors (Lipinski definition) is 4. The zero-order chi connectivity index (χ0) is 13.6. The van der Waals surface area contributed by atoms with Crippen molar-refractivity contribution < 1.29 is 16.8 Å². The van der Waals surface area contributed by atoms with Crippen LogP contribution in [0.4, 0.5) is 0 Å². The standard InChI is InChI=1S/C10H6Cl2O4S2/c11-17(13,14)9-3-1-7-5-10(18(12,15)16)4-2-8(7)6-9/h1-6H. The van der Waals surface area contributed by atoms with E-state index < -0.39 is 18.1 Å². The van der Waals surface area contributed by atoms with Crippen LogP contribution < -0.4 is 0 Å². The zero-order valence-electron chi connectivity index (χ0n) is 8.67. The van der Waals surface area contributed by atoms with Crippen molar-refractivity contribution in [1.82, 2.24) is 0 Å². The maximum atomic E-state index is 11.2. The second kappa shape index (κ2) is 4.38. The predicted octanol–water partition coefficient (Wildman–Crippen LogP) is 2.69. The van der Waals surface area contributed by atoms with Crippen LogP contribution in [0.3, 0.4) is 0 Å². The van der Waals surface area contributed by atoms with Crippen LogP contribution in [0.1, 0.15) is 0 Å². The highest BCUT2D eigenvalue weighted by molar-refractivity contribution is 8.14. The van der Waals surface area contributed by atoms with E-state index in [2.05, 4.69) is 0 Å². The van der Waals surface area contributed by atoms with E-state index >= 15 is 0 Å². The lowest BCUT2D eigenvalue weighted by Crippen LogP contribution is -1.92. The van der Waals surface area contributed by atoms with Crippen molar-refractivity contribution in [1.29, 1.82) is 0 Å². The fourth-order valence-electron chi connectivity index (χ4n) is 1.51. The first-order valence-electron chi connectivity index (χ1n) is 4.61. The van der Waals surface area contributed by atoms with E-state index in [0.29, 0.717) is 10.8 Å². The van der Waals surface area contributed by atoms with Gasteiger partial charge in [-0.1, -0.05) is 12.1 Å². The molecule has 0 fully saturated rings. The summed E-state index contributed by atoms with van der Waals surface area (Å²) in [5.74, 6) is 0. The average molecular weight is 325 g/mol. The third-order valence-corrected chi connectivity index (χ3v) is 5.05. The fourth-order valence-corrected chi connectivity index (χ4v) is 3.08. The van der Waals surface area contributed by atoms with Gasteiger partial charge in [-0.2, -0.15) is 0 Å². The summed E-state index contributed by atoms with van der Waals surface area (Å²) < 4.78 is 44.6. The summed E-state index contributed by atoms with van der Waals surface area (Å²) in [6.07, 6.45) is 0. The predicted molar refractivity (Wildman–Crippen MR) is 70.0 cm³/mol. The monoisotopic (exact) mass is 324 g/mol. The van der Waals surface area contributed by atoms with Crippen molar-refractivity contribution in [3.8, 4) is 0 Å². The quantitative estimate of drug-likeness (QED) is 0.796. The fraction of sp³-hybridized carbons (Fsp3) is 0. The zero-order valence-corrected chi connectivity index (χ0v) is 11.8. The Kier molecular flexibility index (Phi) is 3.31. The summed E-state index contributed by atoms with van der Waals surface area (Å²) in [6.45, 7) is 0. The third kappa shape index (κ3) is 2.77. The molecule has 0 saturated carbocycles. The molecule has 0 aliphatic heterocycles. The largest absolute Gasteiger partial charge is 0.261 e. The van der Waals surface area contributed by atoms with Crippen molar-refractivity contribution in [2.24, 2.45) is 0 Å². The van der Waals surface area contributed by atoms with E-state index in [1.807, 2.05) is 0 Å². The second-order valence-electron chi connectivity index (χ2n) is 3.55. The van der Waals surface area contributed by atoms with Crippen LogP contribution in [0.5, 0.6) is 0 Å². The molecule has 0 amide bonds. The molecule has 0 spiro atoms. The SMILES string of the molecule is O=S(=O)(Cl)c1ccc2cc(S(=O)(=O)Cl)ccc2c1. The van der Waals surface area contributed by atoms with Crippen LogP contribution >= 0.6 is 21.4 Å². The lowest BCUT2D eigenvalue weighted by atomic mass is 10.1. The molecule has 0 bridgehead atoms. The molecule has 0 unspecified atom stereocenters.